The molecule has 0 aromatic heterocycles. The summed E-state index contributed by atoms with van der Waals surface area (Å²) in [5, 5.41) is 2.12. The maximum absolute atomic E-state index is 6.10. The van der Waals surface area contributed by atoms with E-state index in [1.165, 1.54) is 0 Å². The lowest BCUT2D eigenvalue weighted by Gasteiger charge is -2.14. The first kappa shape index (κ1) is 40.2. The van der Waals surface area contributed by atoms with Gasteiger partial charge in [-0.05, 0) is 69.4 Å². The highest BCUT2D eigenvalue weighted by molar-refractivity contribution is 5.91. The van der Waals surface area contributed by atoms with Crippen LogP contribution < -0.4 is 64.8 Å². The highest BCUT2D eigenvalue weighted by Crippen LogP contribution is 2.35. The van der Waals surface area contributed by atoms with Gasteiger partial charge in [-0.25, -0.2) is 0 Å². The molecule has 0 heterocycles. The van der Waals surface area contributed by atoms with Gasteiger partial charge in [0.25, 0.3) is 0 Å². The maximum Gasteiger partial charge on any atom is 0.185 e. The number of benzene rings is 4. The van der Waals surface area contributed by atoms with Crippen molar-refractivity contribution in [3.8, 4) is 45.3 Å². The molecule has 4 aromatic carbocycles. The quantitative estimate of drug-likeness (QED) is 0.0327. The van der Waals surface area contributed by atoms with Gasteiger partial charge < -0.3 is 64.8 Å². The molecule has 0 radical (unpaired) electrons. The first-order chi connectivity index (χ1) is 26.0. The molecule has 0 aliphatic heterocycles. The molecular weight excluding hydrogens is 688 g/mol. The van der Waals surface area contributed by atoms with Gasteiger partial charge in [0.15, 0.2) is 23.8 Å². The number of ether oxygens (including phenoxy) is 4. The Kier molecular flexibility index (Phi) is 15.7. The van der Waals surface area contributed by atoms with Crippen LogP contribution in [0.5, 0.6) is 23.0 Å². The Morgan fingerprint density at radius 1 is 0.352 bits per heavy atom. The van der Waals surface area contributed by atoms with E-state index in [9.17, 15) is 0 Å². The van der Waals surface area contributed by atoms with Gasteiger partial charge in [0, 0.05) is 64.0 Å². The van der Waals surface area contributed by atoms with Crippen LogP contribution in [0.1, 0.15) is 25.7 Å². The fourth-order valence-electron chi connectivity index (χ4n) is 5.27. The van der Waals surface area contributed by atoms with E-state index in [1.807, 2.05) is 36.4 Å². The minimum atomic E-state index is 0.0506. The van der Waals surface area contributed by atoms with Gasteiger partial charge >= 0.3 is 0 Å². The monoisotopic (exact) mass is 740 g/mol. The van der Waals surface area contributed by atoms with Crippen molar-refractivity contribution in [2.75, 3.05) is 52.6 Å². The molecule has 0 bridgehead atoms. The lowest BCUT2D eigenvalue weighted by atomic mass is 9.97. The normalized spacial score (nSPS) is 10.6. The molecule has 16 heteroatoms. The summed E-state index contributed by atoms with van der Waals surface area (Å²) in [5.74, 6) is 2.84. The van der Waals surface area contributed by atoms with Crippen LogP contribution >= 0.6 is 0 Å². The van der Waals surface area contributed by atoms with Crippen LogP contribution in [0, 0.1) is 0 Å². The standard InChI is InChI=1S/C38H52N12O4/c39-35(40)47-9-1-13-51-31-19-29(20-32(23-31)52-14-2-10-48-36(41)42)26-7-5-25-6-8-27(18-28(25)17-26)30-21-33(53-15-3-11-49-37(43)44)24-34(22-30)54-16-4-12-50-38(45)46/h5-8,17-24H,1-4,9-16H2,(H4,39,40,47)(H4,41,42,48)(H4,43,44,49)(H4,45,46,50). The Morgan fingerprint density at radius 3 is 0.926 bits per heavy atom. The molecule has 54 heavy (non-hydrogen) atoms. The Hall–Kier alpha value is -6.58. The summed E-state index contributed by atoms with van der Waals surface area (Å²) in [7, 11) is 0. The summed E-state index contributed by atoms with van der Waals surface area (Å²) < 4.78 is 24.4. The number of hydrogen-bond acceptors (Lipinski definition) is 8. The van der Waals surface area contributed by atoms with Crippen molar-refractivity contribution in [2.45, 2.75) is 25.7 Å². The molecule has 4 rings (SSSR count). The second kappa shape index (κ2) is 21.1. The van der Waals surface area contributed by atoms with Crippen molar-refractivity contribution >= 4 is 34.6 Å². The van der Waals surface area contributed by atoms with Crippen LogP contribution in [-0.4, -0.2) is 76.4 Å². The number of nitrogens with two attached hydrogens (primary N) is 8. The average molecular weight is 741 g/mol. The van der Waals surface area contributed by atoms with Crippen LogP contribution in [0.4, 0.5) is 0 Å². The van der Waals surface area contributed by atoms with E-state index in [1.54, 1.807) is 0 Å². The summed E-state index contributed by atoms with van der Waals surface area (Å²) in [5.41, 5.74) is 47.5. The van der Waals surface area contributed by atoms with Gasteiger partial charge in [0.1, 0.15) is 23.0 Å². The molecule has 4 aromatic rings. The first-order valence-corrected chi connectivity index (χ1v) is 17.6. The molecule has 16 nitrogen and oxygen atoms in total. The van der Waals surface area contributed by atoms with Crippen molar-refractivity contribution in [2.24, 2.45) is 65.8 Å². The second-order valence-corrected chi connectivity index (χ2v) is 12.2. The second-order valence-electron chi connectivity index (χ2n) is 12.2. The molecular formula is C38H52N12O4. The molecule has 0 spiro atoms. The predicted molar refractivity (Wildman–Crippen MR) is 218 cm³/mol. The van der Waals surface area contributed by atoms with Crippen LogP contribution in [0.25, 0.3) is 33.0 Å². The Balaban J connectivity index is 1.61. The van der Waals surface area contributed by atoms with E-state index in [0.29, 0.717) is 101 Å². The fraction of sp³-hybridized carbons (Fsp3) is 0.316. The highest BCUT2D eigenvalue weighted by Gasteiger charge is 2.10. The fourth-order valence-corrected chi connectivity index (χ4v) is 5.27. The maximum atomic E-state index is 6.10. The van der Waals surface area contributed by atoms with Crippen LogP contribution in [0.3, 0.4) is 0 Å². The number of aliphatic imine (C=N–C) groups is 4. The molecule has 0 atom stereocenters. The van der Waals surface area contributed by atoms with Crippen molar-refractivity contribution < 1.29 is 18.9 Å². The lowest BCUT2D eigenvalue weighted by molar-refractivity contribution is 0.298. The predicted octanol–water partition coefficient (Wildman–Crippen LogP) is 2.34. The molecule has 0 aliphatic carbocycles. The molecule has 288 valence electrons. The lowest BCUT2D eigenvalue weighted by Crippen LogP contribution is -2.23. The van der Waals surface area contributed by atoms with Crippen molar-refractivity contribution in [1.29, 1.82) is 0 Å². The topological polar surface area (TPSA) is 295 Å². The summed E-state index contributed by atoms with van der Waals surface area (Å²) in [4.78, 5) is 16.1. The SMILES string of the molecule is NC(N)=NCCCOc1cc(OCCCN=C(N)N)cc(-c2ccc3ccc(-c4cc(OCCCN=C(N)N)cc(OCCCN=C(N)N)c4)cc3c2)c1. The average Bonchev–Trinajstić information content (AvgIpc) is 3.13. The minimum Gasteiger partial charge on any atom is -0.493 e. The van der Waals surface area contributed by atoms with Crippen molar-refractivity contribution in [1.82, 2.24) is 0 Å². The van der Waals surface area contributed by atoms with Crippen LogP contribution in [-0.2, 0) is 0 Å². The summed E-state index contributed by atoms with van der Waals surface area (Å²) in [6.07, 6.45) is 2.57. The van der Waals surface area contributed by atoms with Gasteiger partial charge in [-0.2, -0.15) is 0 Å². The third kappa shape index (κ3) is 14.2. The molecule has 0 unspecified atom stereocenters. The minimum absolute atomic E-state index is 0.0506. The van der Waals surface area contributed by atoms with Gasteiger partial charge in [-0.15, -0.1) is 0 Å². The van der Waals surface area contributed by atoms with Gasteiger partial charge in [0.2, 0.25) is 0 Å². The van der Waals surface area contributed by atoms with Gasteiger partial charge in [0.05, 0.1) is 26.4 Å². The number of rotatable bonds is 22. The summed E-state index contributed by atoms with van der Waals surface area (Å²) in [6.45, 7) is 3.54. The van der Waals surface area contributed by atoms with Crippen LogP contribution in [0.2, 0.25) is 0 Å². The summed E-state index contributed by atoms with van der Waals surface area (Å²) in [6, 6.07) is 24.3. The third-order valence-corrected chi connectivity index (χ3v) is 7.73. The van der Waals surface area contributed by atoms with E-state index in [4.69, 9.17) is 64.8 Å². The number of guanidine groups is 4. The Morgan fingerprint density at radius 2 is 0.648 bits per heavy atom. The number of hydrogen-bond donors (Lipinski definition) is 8. The van der Waals surface area contributed by atoms with Gasteiger partial charge in [-0.3, -0.25) is 20.0 Å². The largest absolute Gasteiger partial charge is 0.493 e. The zero-order chi connectivity index (χ0) is 38.7. The Bertz CT molecular complexity index is 1710. The number of fused-ring (bicyclic) bond motifs is 1. The zero-order valence-electron chi connectivity index (χ0n) is 30.5. The third-order valence-electron chi connectivity index (χ3n) is 7.73. The van der Waals surface area contributed by atoms with E-state index >= 15 is 0 Å². The van der Waals surface area contributed by atoms with Crippen molar-refractivity contribution in [3.63, 3.8) is 0 Å². The highest BCUT2D eigenvalue weighted by atomic mass is 16.5. The van der Waals surface area contributed by atoms with E-state index in [-0.39, 0.29) is 23.8 Å². The number of nitrogens with zero attached hydrogens (tertiary/aromatic N) is 4. The van der Waals surface area contributed by atoms with E-state index in [2.05, 4.69) is 56.4 Å². The molecule has 0 saturated carbocycles. The first-order valence-electron chi connectivity index (χ1n) is 17.6. The van der Waals surface area contributed by atoms with Gasteiger partial charge in [-0.1, -0.05) is 24.3 Å². The summed E-state index contributed by atoms with van der Waals surface area (Å²) >= 11 is 0. The Labute approximate surface area is 315 Å². The zero-order valence-corrected chi connectivity index (χ0v) is 30.5. The van der Waals surface area contributed by atoms with Crippen molar-refractivity contribution in [3.05, 3.63) is 72.8 Å². The van der Waals surface area contributed by atoms with E-state index < -0.39 is 0 Å². The molecule has 0 aliphatic rings. The van der Waals surface area contributed by atoms with Crippen LogP contribution in [0.15, 0.2) is 92.8 Å². The molecule has 0 amide bonds. The molecule has 0 saturated heterocycles. The smallest absolute Gasteiger partial charge is 0.185 e. The molecule has 16 N–H and O–H groups in total. The van der Waals surface area contributed by atoms with E-state index in [0.717, 1.165) is 33.0 Å². The molecule has 0 fully saturated rings.